The average Bonchev–Trinajstić information content (AvgIpc) is 2.87. The molecule has 2 heterocycles. The van der Waals surface area contributed by atoms with Crippen LogP contribution in [-0.2, 0) is 17.8 Å². The zero-order chi connectivity index (χ0) is 13.1. The molecule has 1 aliphatic heterocycles. The van der Waals surface area contributed by atoms with E-state index in [4.69, 9.17) is 9.15 Å². The summed E-state index contributed by atoms with van der Waals surface area (Å²) in [5.41, 5.74) is 1.23. The van der Waals surface area contributed by atoms with Gasteiger partial charge in [0.25, 0.3) is 0 Å². The largest absolute Gasteiger partial charge is 0.463 e. The quantitative estimate of drug-likeness (QED) is 0.869. The normalized spacial score (nSPS) is 24.1. The molecule has 1 aromatic rings. The zero-order valence-electron chi connectivity index (χ0n) is 11.8. The van der Waals surface area contributed by atoms with Crippen molar-refractivity contribution >= 4 is 0 Å². The summed E-state index contributed by atoms with van der Waals surface area (Å²) in [7, 11) is 4.08. The van der Waals surface area contributed by atoms with Gasteiger partial charge in [0.15, 0.2) is 0 Å². The van der Waals surface area contributed by atoms with Crippen molar-refractivity contribution in [3.63, 3.8) is 0 Å². The lowest BCUT2D eigenvalue weighted by atomic mass is 10.1. The number of hydrogen-bond acceptors (Lipinski definition) is 4. The smallest absolute Gasteiger partial charge is 0.120 e. The minimum Gasteiger partial charge on any atom is -0.463 e. The van der Waals surface area contributed by atoms with Crippen molar-refractivity contribution in [2.24, 2.45) is 0 Å². The van der Waals surface area contributed by atoms with Gasteiger partial charge in [-0.3, -0.25) is 4.90 Å². The first-order chi connectivity index (χ1) is 8.61. The van der Waals surface area contributed by atoms with Crippen molar-refractivity contribution in [1.82, 2.24) is 10.2 Å². The van der Waals surface area contributed by atoms with E-state index in [9.17, 15) is 0 Å². The zero-order valence-corrected chi connectivity index (χ0v) is 11.8. The van der Waals surface area contributed by atoms with E-state index in [1.165, 1.54) is 5.56 Å². The molecule has 2 atom stereocenters. The van der Waals surface area contributed by atoms with Gasteiger partial charge in [0.05, 0.1) is 19.2 Å². The molecule has 0 amide bonds. The Morgan fingerprint density at radius 3 is 2.89 bits per heavy atom. The minimum absolute atomic E-state index is 0.322. The number of rotatable bonds is 5. The second-order valence-electron chi connectivity index (χ2n) is 5.20. The van der Waals surface area contributed by atoms with Crippen molar-refractivity contribution < 1.29 is 9.15 Å². The summed E-state index contributed by atoms with van der Waals surface area (Å²) >= 11 is 0. The molecule has 2 unspecified atom stereocenters. The fraction of sp³-hybridized carbons (Fsp3) is 0.714. The van der Waals surface area contributed by atoms with Gasteiger partial charge in [-0.05, 0) is 46.0 Å². The maximum absolute atomic E-state index is 5.88. The summed E-state index contributed by atoms with van der Waals surface area (Å²) in [6.45, 7) is 6.76. The van der Waals surface area contributed by atoms with Gasteiger partial charge in [-0.1, -0.05) is 0 Å². The van der Waals surface area contributed by atoms with E-state index in [2.05, 4.69) is 37.2 Å². The summed E-state index contributed by atoms with van der Waals surface area (Å²) in [4.78, 5) is 2.33. The number of aryl methyl sites for hydroxylation is 1. The lowest BCUT2D eigenvalue weighted by molar-refractivity contribution is 0.0790. The summed E-state index contributed by atoms with van der Waals surface area (Å²) in [6.07, 6.45) is 1.43. The van der Waals surface area contributed by atoms with Gasteiger partial charge in [-0.25, -0.2) is 0 Å². The van der Waals surface area contributed by atoms with Crippen molar-refractivity contribution in [1.29, 1.82) is 0 Å². The van der Waals surface area contributed by atoms with E-state index >= 15 is 0 Å². The van der Waals surface area contributed by atoms with Gasteiger partial charge < -0.3 is 14.5 Å². The van der Waals surface area contributed by atoms with E-state index < -0.39 is 0 Å². The Balaban J connectivity index is 1.98. The molecule has 102 valence electrons. The molecule has 1 aromatic heterocycles. The van der Waals surface area contributed by atoms with Crippen LogP contribution in [0.2, 0.25) is 0 Å². The van der Waals surface area contributed by atoms with Crippen LogP contribution in [0.3, 0.4) is 0 Å². The average molecular weight is 252 g/mol. The fourth-order valence-corrected chi connectivity index (χ4v) is 2.67. The molecule has 0 aliphatic carbocycles. The Bertz CT molecular complexity index is 389. The molecule has 4 heteroatoms. The number of hydrogen-bond donors (Lipinski definition) is 1. The van der Waals surface area contributed by atoms with E-state index in [0.717, 1.165) is 37.6 Å². The molecular weight excluding hydrogens is 228 g/mol. The Morgan fingerprint density at radius 2 is 2.28 bits per heavy atom. The third-order valence-electron chi connectivity index (χ3n) is 3.72. The molecule has 1 fully saturated rings. The SMILES string of the molecule is CNCc1oc(CN(C)C2CCOC2C)cc1C. The Labute approximate surface area is 109 Å². The Hall–Kier alpha value is -0.840. The second kappa shape index (κ2) is 5.87. The van der Waals surface area contributed by atoms with Crippen molar-refractivity contribution in [3.8, 4) is 0 Å². The lowest BCUT2D eigenvalue weighted by Gasteiger charge is -2.25. The monoisotopic (exact) mass is 252 g/mol. The molecule has 0 spiro atoms. The summed E-state index contributed by atoms with van der Waals surface area (Å²) < 4.78 is 11.5. The van der Waals surface area contributed by atoms with E-state index in [1.807, 2.05) is 7.05 Å². The van der Waals surface area contributed by atoms with Crippen LogP contribution in [0.25, 0.3) is 0 Å². The van der Waals surface area contributed by atoms with Gasteiger partial charge in [-0.15, -0.1) is 0 Å². The third-order valence-corrected chi connectivity index (χ3v) is 3.72. The highest BCUT2D eigenvalue weighted by Crippen LogP contribution is 2.22. The van der Waals surface area contributed by atoms with Crippen molar-refractivity contribution in [2.45, 2.75) is 45.5 Å². The standard InChI is InChI=1S/C14H24N2O2/c1-10-7-12(18-14(10)8-15-3)9-16(4)13-5-6-17-11(13)2/h7,11,13,15H,5-6,8-9H2,1-4H3. The third kappa shape index (κ3) is 2.94. The number of likely N-dealkylation sites (N-methyl/N-ethyl adjacent to an activating group) is 1. The predicted molar refractivity (Wildman–Crippen MR) is 71.5 cm³/mol. The van der Waals surface area contributed by atoms with Crippen LogP contribution in [0, 0.1) is 6.92 Å². The first-order valence-corrected chi connectivity index (χ1v) is 6.66. The van der Waals surface area contributed by atoms with Crippen LogP contribution < -0.4 is 5.32 Å². The summed E-state index contributed by atoms with van der Waals surface area (Å²) in [6, 6.07) is 2.65. The van der Waals surface area contributed by atoms with Crippen molar-refractivity contribution in [3.05, 3.63) is 23.2 Å². The molecule has 0 saturated carbocycles. The molecule has 0 bridgehead atoms. The number of ether oxygens (including phenoxy) is 1. The highest BCUT2D eigenvalue weighted by Gasteiger charge is 2.28. The van der Waals surface area contributed by atoms with Gasteiger partial charge in [0.2, 0.25) is 0 Å². The maximum atomic E-state index is 5.88. The number of nitrogens with zero attached hydrogens (tertiary/aromatic N) is 1. The van der Waals surface area contributed by atoms with E-state index in [1.54, 1.807) is 0 Å². The Morgan fingerprint density at radius 1 is 1.50 bits per heavy atom. The van der Waals surface area contributed by atoms with Gasteiger partial charge in [-0.2, -0.15) is 0 Å². The molecule has 0 aromatic carbocycles. The van der Waals surface area contributed by atoms with Gasteiger partial charge >= 0.3 is 0 Å². The van der Waals surface area contributed by atoms with Crippen LogP contribution in [0.5, 0.6) is 0 Å². The highest BCUT2D eigenvalue weighted by molar-refractivity contribution is 5.20. The van der Waals surface area contributed by atoms with Crippen LogP contribution in [0.1, 0.15) is 30.4 Å². The van der Waals surface area contributed by atoms with Gasteiger partial charge in [0.1, 0.15) is 11.5 Å². The molecule has 1 aliphatic rings. The molecule has 4 nitrogen and oxygen atoms in total. The predicted octanol–water partition coefficient (Wildman–Crippen LogP) is 1.92. The molecule has 2 rings (SSSR count). The van der Waals surface area contributed by atoms with Crippen LogP contribution in [0.15, 0.2) is 10.5 Å². The first-order valence-electron chi connectivity index (χ1n) is 6.66. The van der Waals surface area contributed by atoms with Crippen molar-refractivity contribution in [2.75, 3.05) is 20.7 Å². The summed E-state index contributed by atoms with van der Waals surface area (Å²) in [5, 5.41) is 3.13. The van der Waals surface area contributed by atoms with E-state index in [0.29, 0.717) is 12.1 Å². The van der Waals surface area contributed by atoms with Gasteiger partial charge in [0, 0.05) is 12.6 Å². The first kappa shape index (κ1) is 13.6. The molecule has 0 radical (unpaired) electrons. The molecule has 1 saturated heterocycles. The topological polar surface area (TPSA) is 37.6 Å². The van der Waals surface area contributed by atoms with Crippen LogP contribution in [0.4, 0.5) is 0 Å². The summed E-state index contributed by atoms with van der Waals surface area (Å²) in [5.74, 6) is 2.08. The lowest BCUT2D eigenvalue weighted by Crippen LogP contribution is -2.36. The fourth-order valence-electron chi connectivity index (χ4n) is 2.67. The maximum Gasteiger partial charge on any atom is 0.120 e. The molecule has 1 N–H and O–H groups in total. The van der Waals surface area contributed by atoms with Crippen LogP contribution >= 0.6 is 0 Å². The number of furan rings is 1. The molecule has 18 heavy (non-hydrogen) atoms. The number of nitrogens with one attached hydrogen (secondary N) is 1. The highest BCUT2D eigenvalue weighted by atomic mass is 16.5. The van der Waals surface area contributed by atoms with E-state index in [-0.39, 0.29) is 0 Å². The Kier molecular flexibility index (Phi) is 4.43. The molecular formula is C14H24N2O2. The minimum atomic E-state index is 0.322. The second-order valence-corrected chi connectivity index (χ2v) is 5.20. The van der Waals surface area contributed by atoms with Crippen LogP contribution in [-0.4, -0.2) is 37.7 Å².